The Labute approximate surface area is 191 Å². The van der Waals surface area contributed by atoms with Crippen LogP contribution >= 0.6 is 23.4 Å². The van der Waals surface area contributed by atoms with E-state index in [1.165, 1.54) is 4.57 Å². The average molecular weight is 472 g/mol. The van der Waals surface area contributed by atoms with Crippen molar-refractivity contribution in [3.63, 3.8) is 0 Å². The maximum absolute atomic E-state index is 13.8. The van der Waals surface area contributed by atoms with Crippen LogP contribution in [-0.4, -0.2) is 21.2 Å². The predicted octanol–water partition coefficient (Wildman–Crippen LogP) is 5.36. The van der Waals surface area contributed by atoms with Crippen molar-refractivity contribution in [3.8, 4) is 5.69 Å². The van der Waals surface area contributed by atoms with Crippen LogP contribution in [0.5, 0.6) is 0 Å². The van der Waals surface area contributed by atoms with Crippen molar-refractivity contribution in [2.24, 2.45) is 0 Å². The maximum Gasteiger partial charge on any atom is 0.266 e. The van der Waals surface area contributed by atoms with E-state index in [1.807, 2.05) is 6.92 Å². The lowest BCUT2D eigenvalue weighted by Gasteiger charge is -2.14. The second kappa shape index (κ2) is 9.10. The molecule has 162 valence electrons. The van der Waals surface area contributed by atoms with E-state index >= 15 is 0 Å². The lowest BCUT2D eigenvalue weighted by molar-refractivity contribution is -0.113. The van der Waals surface area contributed by atoms with Crippen molar-refractivity contribution in [1.29, 1.82) is 0 Å². The molecule has 1 aromatic heterocycles. The van der Waals surface area contributed by atoms with Gasteiger partial charge in [-0.05, 0) is 48.9 Å². The molecule has 4 aromatic rings. The topological polar surface area (TPSA) is 64.0 Å². The lowest BCUT2D eigenvalue weighted by atomic mass is 10.2. The van der Waals surface area contributed by atoms with Crippen molar-refractivity contribution in [2.45, 2.75) is 12.1 Å². The molecule has 0 spiro atoms. The predicted molar refractivity (Wildman–Crippen MR) is 123 cm³/mol. The first-order chi connectivity index (χ1) is 15.3. The van der Waals surface area contributed by atoms with Crippen molar-refractivity contribution >= 4 is 45.9 Å². The second-order valence-electron chi connectivity index (χ2n) is 6.95. The van der Waals surface area contributed by atoms with E-state index in [4.69, 9.17) is 11.6 Å². The van der Waals surface area contributed by atoms with Crippen LogP contribution in [0.1, 0.15) is 5.56 Å². The minimum absolute atomic E-state index is 0.133. The van der Waals surface area contributed by atoms with Crippen LogP contribution in [-0.2, 0) is 4.79 Å². The van der Waals surface area contributed by atoms with E-state index in [1.54, 1.807) is 42.5 Å². The molecule has 1 N–H and O–H groups in total. The molecule has 9 heteroatoms. The Morgan fingerprint density at radius 1 is 1.12 bits per heavy atom. The number of benzene rings is 3. The number of aryl methyl sites for hydroxylation is 1. The number of hydrogen-bond acceptors (Lipinski definition) is 4. The lowest BCUT2D eigenvalue weighted by Crippen LogP contribution is -2.23. The molecule has 5 nitrogen and oxygen atoms in total. The summed E-state index contributed by atoms with van der Waals surface area (Å²) in [5.74, 6) is -2.30. The van der Waals surface area contributed by atoms with Gasteiger partial charge < -0.3 is 5.32 Å². The SMILES string of the molecule is Cc1ccc(-n2c(SCC(=O)Nc3ccc(F)cc3F)nc3ccccc3c2=O)cc1Cl. The van der Waals surface area contributed by atoms with Gasteiger partial charge in [-0.3, -0.25) is 14.2 Å². The fourth-order valence-electron chi connectivity index (χ4n) is 3.06. The van der Waals surface area contributed by atoms with Crippen LogP contribution < -0.4 is 10.9 Å². The summed E-state index contributed by atoms with van der Waals surface area (Å²) >= 11 is 7.28. The monoisotopic (exact) mass is 471 g/mol. The molecule has 0 radical (unpaired) electrons. The molecule has 32 heavy (non-hydrogen) atoms. The molecule has 0 aliphatic rings. The van der Waals surface area contributed by atoms with Gasteiger partial charge in [0.1, 0.15) is 11.6 Å². The van der Waals surface area contributed by atoms with Crippen molar-refractivity contribution in [3.05, 3.63) is 93.2 Å². The molecular weight excluding hydrogens is 456 g/mol. The number of fused-ring (bicyclic) bond motifs is 1. The Morgan fingerprint density at radius 3 is 2.66 bits per heavy atom. The standard InChI is InChI=1S/C23H16ClF2N3O2S/c1-13-6-8-15(11-17(13)24)29-22(31)16-4-2-3-5-19(16)28-23(29)32-12-21(30)27-20-9-7-14(25)10-18(20)26/h2-11H,12H2,1H3,(H,27,30). The number of para-hydroxylation sites is 1. The van der Waals surface area contributed by atoms with Crippen molar-refractivity contribution in [1.82, 2.24) is 9.55 Å². The number of nitrogens with zero attached hydrogens (tertiary/aromatic N) is 2. The van der Waals surface area contributed by atoms with Gasteiger partial charge in [0.15, 0.2) is 5.16 Å². The number of hydrogen-bond donors (Lipinski definition) is 1. The molecule has 0 aliphatic heterocycles. The van der Waals surface area contributed by atoms with Crippen LogP contribution in [0.15, 0.2) is 70.6 Å². The maximum atomic E-state index is 13.8. The van der Waals surface area contributed by atoms with E-state index in [0.717, 1.165) is 29.5 Å². The van der Waals surface area contributed by atoms with Gasteiger partial charge in [0.2, 0.25) is 5.91 Å². The highest BCUT2D eigenvalue weighted by atomic mass is 35.5. The molecule has 0 bridgehead atoms. The molecule has 0 atom stereocenters. The minimum atomic E-state index is -0.876. The van der Waals surface area contributed by atoms with Gasteiger partial charge in [0, 0.05) is 11.1 Å². The summed E-state index contributed by atoms with van der Waals surface area (Å²) in [5, 5.41) is 3.59. The van der Waals surface area contributed by atoms with Gasteiger partial charge in [-0.1, -0.05) is 41.6 Å². The third kappa shape index (κ3) is 4.51. The van der Waals surface area contributed by atoms with Crippen LogP contribution in [0.4, 0.5) is 14.5 Å². The molecule has 0 saturated carbocycles. The van der Waals surface area contributed by atoms with Crippen LogP contribution in [0.25, 0.3) is 16.6 Å². The quantitative estimate of drug-likeness (QED) is 0.314. The smallest absolute Gasteiger partial charge is 0.266 e. The molecule has 1 amide bonds. The zero-order chi connectivity index (χ0) is 22.8. The largest absolute Gasteiger partial charge is 0.323 e. The Balaban J connectivity index is 1.68. The molecule has 0 unspecified atom stereocenters. The van der Waals surface area contributed by atoms with Gasteiger partial charge in [0.25, 0.3) is 5.56 Å². The first-order valence-electron chi connectivity index (χ1n) is 9.49. The van der Waals surface area contributed by atoms with Gasteiger partial charge in [-0.2, -0.15) is 0 Å². The third-order valence-electron chi connectivity index (χ3n) is 4.70. The molecule has 1 heterocycles. The summed E-state index contributed by atoms with van der Waals surface area (Å²) in [6.45, 7) is 1.85. The van der Waals surface area contributed by atoms with Crippen molar-refractivity contribution in [2.75, 3.05) is 11.1 Å². The van der Waals surface area contributed by atoms with Gasteiger partial charge in [-0.15, -0.1) is 0 Å². The van der Waals surface area contributed by atoms with Crippen LogP contribution in [0.2, 0.25) is 5.02 Å². The Morgan fingerprint density at radius 2 is 1.91 bits per heavy atom. The van der Waals surface area contributed by atoms with Crippen LogP contribution in [0.3, 0.4) is 0 Å². The average Bonchev–Trinajstić information content (AvgIpc) is 2.76. The fourth-order valence-corrected chi connectivity index (χ4v) is 4.05. The highest BCUT2D eigenvalue weighted by molar-refractivity contribution is 7.99. The number of halogens is 3. The number of amides is 1. The number of rotatable bonds is 5. The normalized spacial score (nSPS) is 11.0. The summed E-state index contributed by atoms with van der Waals surface area (Å²) in [7, 11) is 0. The van der Waals surface area contributed by atoms with Gasteiger partial charge in [-0.25, -0.2) is 13.8 Å². The molecule has 4 rings (SSSR count). The molecule has 0 saturated heterocycles. The van der Waals surface area contributed by atoms with E-state index in [9.17, 15) is 18.4 Å². The third-order valence-corrected chi connectivity index (χ3v) is 6.04. The number of anilines is 1. The van der Waals surface area contributed by atoms with Crippen molar-refractivity contribution < 1.29 is 13.6 Å². The highest BCUT2D eigenvalue weighted by Crippen LogP contribution is 2.25. The first-order valence-corrected chi connectivity index (χ1v) is 10.9. The van der Waals surface area contributed by atoms with Crippen LogP contribution in [0, 0.1) is 18.6 Å². The summed E-state index contributed by atoms with van der Waals surface area (Å²) in [6.07, 6.45) is 0. The molecular formula is C23H16ClF2N3O2S. The van der Waals surface area contributed by atoms with Gasteiger partial charge in [0.05, 0.1) is 28.0 Å². The Hall–Kier alpha value is -3.23. The second-order valence-corrected chi connectivity index (χ2v) is 8.30. The number of thioether (sulfide) groups is 1. The van der Waals surface area contributed by atoms with E-state index < -0.39 is 17.5 Å². The van der Waals surface area contributed by atoms with Gasteiger partial charge >= 0.3 is 0 Å². The van der Waals surface area contributed by atoms with E-state index in [2.05, 4.69) is 10.3 Å². The highest BCUT2D eigenvalue weighted by Gasteiger charge is 2.16. The zero-order valence-electron chi connectivity index (χ0n) is 16.7. The number of nitrogens with one attached hydrogen (secondary N) is 1. The van der Waals surface area contributed by atoms with E-state index in [-0.39, 0.29) is 22.2 Å². The molecule has 0 fully saturated rings. The minimum Gasteiger partial charge on any atom is -0.323 e. The first kappa shape index (κ1) is 22.0. The fraction of sp³-hybridized carbons (Fsp3) is 0.0870. The Bertz CT molecular complexity index is 1410. The summed E-state index contributed by atoms with van der Waals surface area (Å²) in [6, 6.07) is 15.0. The zero-order valence-corrected chi connectivity index (χ0v) is 18.3. The summed E-state index contributed by atoms with van der Waals surface area (Å²) in [5.41, 5.74) is 1.41. The number of carbonyl (C=O) groups is 1. The number of aromatic nitrogens is 2. The molecule has 0 aliphatic carbocycles. The van der Waals surface area contributed by atoms with E-state index in [0.29, 0.717) is 27.7 Å². The molecule has 3 aromatic carbocycles. The summed E-state index contributed by atoms with van der Waals surface area (Å²) in [4.78, 5) is 30.2. The summed E-state index contributed by atoms with van der Waals surface area (Å²) < 4.78 is 28.3. The number of carbonyl (C=O) groups excluding carboxylic acids is 1. The Kier molecular flexibility index (Phi) is 6.25.